The van der Waals surface area contributed by atoms with Crippen LogP contribution in [0.4, 0.5) is 13.2 Å². The van der Waals surface area contributed by atoms with Crippen LogP contribution >= 0.6 is 11.6 Å². The van der Waals surface area contributed by atoms with Crippen LogP contribution in [0.3, 0.4) is 0 Å². The number of halogens is 4. The first kappa shape index (κ1) is 15.9. The number of rotatable bonds is 6. The fourth-order valence-corrected chi connectivity index (χ4v) is 1.77. The smallest absolute Gasteiger partial charge is 0.389 e. The van der Waals surface area contributed by atoms with Crippen molar-refractivity contribution in [1.29, 1.82) is 0 Å². The Hall–Kier alpha value is -1.14. The van der Waals surface area contributed by atoms with Crippen molar-refractivity contribution in [2.75, 3.05) is 13.7 Å². The molecule has 2 N–H and O–H groups in total. The molecule has 3 nitrogen and oxygen atoms in total. The molecule has 0 saturated carbocycles. The molecule has 1 aromatic carbocycles. The Labute approximate surface area is 114 Å². The molecule has 1 aromatic rings. The molecule has 0 fully saturated rings. The SMILES string of the molecule is COc1cc(CN)cc(Cl)c1OCCCC(F)(F)F. The van der Waals surface area contributed by atoms with Crippen molar-refractivity contribution in [2.24, 2.45) is 5.73 Å². The van der Waals surface area contributed by atoms with Gasteiger partial charge in [-0.3, -0.25) is 0 Å². The minimum absolute atomic E-state index is 0.0858. The Bertz CT molecular complexity index is 424. The molecule has 0 unspecified atom stereocenters. The second-order valence-corrected chi connectivity index (χ2v) is 4.29. The van der Waals surface area contributed by atoms with E-state index in [9.17, 15) is 13.2 Å². The third kappa shape index (κ3) is 5.16. The maximum Gasteiger partial charge on any atom is 0.389 e. The molecule has 0 bridgehead atoms. The van der Waals surface area contributed by atoms with Crippen LogP contribution < -0.4 is 15.2 Å². The molecule has 0 aliphatic rings. The molecule has 19 heavy (non-hydrogen) atoms. The van der Waals surface area contributed by atoms with Crippen LogP contribution in [0.15, 0.2) is 12.1 Å². The number of methoxy groups -OCH3 is 1. The van der Waals surface area contributed by atoms with Crippen molar-refractivity contribution in [3.8, 4) is 11.5 Å². The maximum atomic E-state index is 12.0. The zero-order valence-corrected chi connectivity index (χ0v) is 11.1. The summed E-state index contributed by atoms with van der Waals surface area (Å²) in [5.41, 5.74) is 6.24. The van der Waals surface area contributed by atoms with E-state index in [1.807, 2.05) is 0 Å². The largest absolute Gasteiger partial charge is 0.493 e. The normalized spacial score (nSPS) is 11.5. The molecule has 1 rings (SSSR count). The van der Waals surface area contributed by atoms with Gasteiger partial charge >= 0.3 is 6.18 Å². The van der Waals surface area contributed by atoms with Gasteiger partial charge in [-0.15, -0.1) is 0 Å². The number of hydrogen-bond donors (Lipinski definition) is 1. The summed E-state index contributed by atoms with van der Waals surface area (Å²) < 4.78 is 46.3. The summed E-state index contributed by atoms with van der Waals surface area (Å²) in [6, 6.07) is 3.24. The molecule has 0 aliphatic carbocycles. The van der Waals surface area contributed by atoms with Crippen molar-refractivity contribution in [2.45, 2.75) is 25.6 Å². The first-order valence-electron chi connectivity index (χ1n) is 5.63. The summed E-state index contributed by atoms with van der Waals surface area (Å²) in [6.07, 6.45) is -5.21. The molecular formula is C12H15ClF3NO2. The number of benzene rings is 1. The highest BCUT2D eigenvalue weighted by Gasteiger charge is 2.26. The fraction of sp³-hybridized carbons (Fsp3) is 0.500. The predicted octanol–water partition coefficient (Wildman–Crippen LogP) is 3.53. The third-order valence-electron chi connectivity index (χ3n) is 2.38. The number of hydrogen-bond acceptors (Lipinski definition) is 3. The summed E-state index contributed by atoms with van der Waals surface area (Å²) in [6.45, 7) is 0.196. The van der Waals surface area contributed by atoms with Crippen molar-refractivity contribution in [1.82, 2.24) is 0 Å². The molecular weight excluding hydrogens is 283 g/mol. The molecule has 0 amide bonds. The summed E-state index contributed by atoms with van der Waals surface area (Å²) in [7, 11) is 1.43. The topological polar surface area (TPSA) is 44.5 Å². The van der Waals surface area contributed by atoms with Gasteiger partial charge in [-0.2, -0.15) is 13.2 Å². The van der Waals surface area contributed by atoms with Gasteiger partial charge in [-0.05, 0) is 24.1 Å². The van der Waals surface area contributed by atoms with Crippen LogP contribution in [0.5, 0.6) is 11.5 Å². The monoisotopic (exact) mass is 297 g/mol. The molecule has 0 aromatic heterocycles. The Kier molecular flexibility index (Phi) is 5.75. The average molecular weight is 298 g/mol. The van der Waals surface area contributed by atoms with E-state index in [-0.39, 0.29) is 30.3 Å². The van der Waals surface area contributed by atoms with Crippen LogP contribution in [0.1, 0.15) is 18.4 Å². The summed E-state index contributed by atoms with van der Waals surface area (Å²) >= 11 is 5.98. The molecule has 0 spiro atoms. The summed E-state index contributed by atoms with van der Waals surface area (Å²) in [4.78, 5) is 0. The van der Waals surface area contributed by atoms with Crippen LogP contribution in [-0.2, 0) is 6.54 Å². The van der Waals surface area contributed by atoms with Gasteiger partial charge in [-0.25, -0.2) is 0 Å². The molecule has 108 valence electrons. The zero-order chi connectivity index (χ0) is 14.5. The highest BCUT2D eigenvalue weighted by Crippen LogP contribution is 2.36. The summed E-state index contributed by atoms with van der Waals surface area (Å²) in [5.74, 6) is 0.600. The standard InChI is InChI=1S/C12H15ClF3NO2/c1-18-10-6-8(7-17)5-9(13)11(10)19-4-2-3-12(14,15)16/h5-6H,2-4,7,17H2,1H3. The van der Waals surface area contributed by atoms with Crippen LogP contribution in [-0.4, -0.2) is 19.9 Å². The van der Waals surface area contributed by atoms with Crippen LogP contribution in [0.2, 0.25) is 5.02 Å². The van der Waals surface area contributed by atoms with Gasteiger partial charge < -0.3 is 15.2 Å². The van der Waals surface area contributed by atoms with E-state index >= 15 is 0 Å². The van der Waals surface area contributed by atoms with Crippen LogP contribution in [0, 0.1) is 0 Å². The second-order valence-electron chi connectivity index (χ2n) is 3.88. The molecule has 0 heterocycles. The van der Waals surface area contributed by atoms with E-state index < -0.39 is 12.6 Å². The van der Waals surface area contributed by atoms with E-state index in [1.165, 1.54) is 7.11 Å². The highest BCUT2D eigenvalue weighted by atomic mass is 35.5. The molecule has 7 heteroatoms. The Morgan fingerprint density at radius 2 is 2.00 bits per heavy atom. The van der Waals surface area contributed by atoms with Crippen molar-refractivity contribution in [3.05, 3.63) is 22.7 Å². The summed E-state index contributed by atoms with van der Waals surface area (Å²) in [5, 5.41) is 0.270. The van der Waals surface area contributed by atoms with Crippen molar-refractivity contribution in [3.63, 3.8) is 0 Å². The van der Waals surface area contributed by atoms with Crippen molar-refractivity contribution < 1.29 is 22.6 Å². The minimum Gasteiger partial charge on any atom is -0.493 e. The lowest BCUT2D eigenvalue weighted by Gasteiger charge is -2.14. The van der Waals surface area contributed by atoms with Gasteiger partial charge in [0.05, 0.1) is 18.7 Å². The quantitative estimate of drug-likeness (QED) is 0.817. The van der Waals surface area contributed by atoms with E-state index in [4.69, 9.17) is 26.8 Å². The fourth-order valence-electron chi connectivity index (χ4n) is 1.48. The molecule has 0 aliphatic heterocycles. The Morgan fingerprint density at radius 1 is 1.32 bits per heavy atom. The van der Waals surface area contributed by atoms with Gasteiger partial charge in [0.2, 0.25) is 0 Å². The average Bonchev–Trinajstić information content (AvgIpc) is 2.34. The first-order valence-corrected chi connectivity index (χ1v) is 6.01. The Balaban J connectivity index is 2.67. The first-order chi connectivity index (χ1) is 8.87. The number of ether oxygens (including phenoxy) is 2. The van der Waals surface area contributed by atoms with Gasteiger partial charge in [0, 0.05) is 13.0 Å². The van der Waals surface area contributed by atoms with E-state index in [0.717, 1.165) is 5.56 Å². The predicted molar refractivity (Wildman–Crippen MR) is 66.7 cm³/mol. The minimum atomic E-state index is -4.18. The van der Waals surface area contributed by atoms with Gasteiger partial charge in [0.25, 0.3) is 0 Å². The lowest BCUT2D eigenvalue weighted by molar-refractivity contribution is -0.136. The lowest BCUT2D eigenvalue weighted by Crippen LogP contribution is -2.10. The Morgan fingerprint density at radius 3 is 2.53 bits per heavy atom. The van der Waals surface area contributed by atoms with Gasteiger partial charge in [0.1, 0.15) is 0 Å². The maximum absolute atomic E-state index is 12.0. The van der Waals surface area contributed by atoms with Crippen molar-refractivity contribution >= 4 is 11.6 Å². The number of alkyl halides is 3. The van der Waals surface area contributed by atoms with E-state index in [1.54, 1.807) is 12.1 Å². The lowest BCUT2D eigenvalue weighted by atomic mass is 10.2. The van der Waals surface area contributed by atoms with Gasteiger partial charge in [-0.1, -0.05) is 11.6 Å². The molecule has 0 atom stereocenters. The second kappa shape index (κ2) is 6.86. The van der Waals surface area contributed by atoms with Gasteiger partial charge in [0.15, 0.2) is 11.5 Å². The number of nitrogens with two attached hydrogens (primary N) is 1. The van der Waals surface area contributed by atoms with Crippen LogP contribution in [0.25, 0.3) is 0 Å². The zero-order valence-electron chi connectivity index (χ0n) is 10.4. The molecule has 0 saturated heterocycles. The molecule has 0 radical (unpaired) electrons. The highest BCUT2D eigenvalue weighted by molar-refractivity contribution is 6.32. The van der Waals surface area contributed by atoms with E-state index in [2.05, 4.69) is 0 Å². The third-order valence-corrected chi connectivity index (χ3v) is 2.66. The van der Waals surface area contributed by atoms with E-state index in [0.29, 0.717) is 5.75 Å².